The monoisotopic (exact) mass is 566 g/mol. The third-order valence-electron chi connectivity index (χ3n) is 4.78. The zero-order valence-electron chi connectivity index (χ0n) is 18.6. The predicted octanol–water partition coefficient (Wildman–Crippen LogP) is 5.34. The van der Waals surface area contributed by atoms with Crippen LogP contribution in [0.2, 0.25) is 0 Å². The second kappa shape index (κ2) is 11.6. The normalized spacial score (nSPS) is 10.9. The number of rotatable bonds is 10. The van der Waals surface area contributed by atoms with Crippen LogP contribution in [-0.4, -0.2) is 33.5 Å². The Bertz CT molecular complexity index is 1050. The average molecular weight is 566 g/mol. The van der Waals surface area contributed by atoms with Crippen LogP contribution in [0.5, 0.6) is 11.5 Å². The van der Waals surface area contributed by atoms with Crippen molar-refractivity contribution in [3.63, 3.8) is 0 Å². The van der Waals surface area contributed by atoms with Gasteiger partial charge in [-0.15, -0.1) is 10.2 Å². The van der Waals surface area contributed by atoms with E-state index in [-0.39, 0.29) is 11.7 Å². The Kier molecular flexibility index (Phi) is 8.80. The number of carbonyl (C=O) groups excluding carboxylic acids is 1. The zero-order valence-corrected chi connectivity index (χ0v) is 21.6. The number of ether oxygens (including phenoxy) is 2. The summed E-state index contributed by atoms with van der Waals surface area (Å²) < 4.78 is 14.1. The van der Waals surface area contributed by atoms with Crippen LogP contribution in [0.3, 0.4) is 0 Å². The lowest BCUT2D eigenvalue weighted by Crippen LogP contribution is -2.16. The highest BCUT2D eigenvalue weighted by atomic mass is 127. The fourth-order valence-corrected chi connectivity index (χ4v) is 4.45. The minimum absolute atomic E-state index is 0.0696. The van der Waals surface area contributed by atoms with Crippen LogP contribution in [-0.2, 0) is 17.9 Å². The number of methoxy groups -OCH3 is 1. The lowest BCUT2D eigenvalue weighted by molar-refractivity contribution is -0.113. The molecule has 0 bridgehead atoms. The minimum atomic E-state index is -0.0696. The highest BCUT2D eigenvalue weighted by molar-refractivity contribution is 14.1. The van der Waals surface area contributed by atoms with E-state index in [1.807, 2.05) is 47.9 Å². The van der Waals surface area contributed by atoms with Gasteiger partial charge in [0.05, 0.1) is 12.9 Å². The molecule has 1 aromatic heterocycles. The summed E-state index contributed by atoms with van der Waals surface area (Å²) in [7, 11) is 1.63. The highest BCUT2D eigenvalue weighted by Gasteiger charge is 2.15. The molecular formula is C23H27IN4O3S. The number of aromatic nitrogens is 3. The van der Waals surface area contributed by atoms with E-state index in [0.717, 1.165) is 26.3 Å². The van der Waals surface area contributed by atoms with Crippen molar-refractivity contribution in [1.82, 2.24) is 14.8 Å². The van der Waals surface area contributed by atoms with Crippen molar-refractivity contribution >= 4 is 45.9 Å². The molecule has 0 aliphatic rings. The molecule has 0 saturated heterocycles. The Morgan fingerprint density at radius 2 is 1.88 bits per heavy atom. The number of nitrogens with one attached hydrogen (secondary N) is 1. The van der Waals surface area contributed by atoms with Crippen molar-refractivity contribution in [2.75, 3.05) is 18.2 Å². The molecule has 9 heteroatoms. The van der Waals surface area contributed by atoms with Crippen LogP contribution >= 0.6 is 34.4 Å². The largest absolute Gasteiger partial charge is 0.497 e. The quantitative estimate of drug-likeness (QED) is 0.264. The number of nitrogens with zero attached hydrogens (tertiary/aromatic N) is 3. The molecule has 0 atom stereocenters. The van der Waals surface area contributed by atoms with Crippen molar-refractivity contribution < 1.29 is 14.3 Å². The van der Waals surface area contributed by atoms with Crippen molar-refractivity contribution in [2.24, 2.45) is 0 Å². The van der Waals surface area contributed by atoms with Crippen LogP contribution in [0.25, 0.3) is 0 Å². The van der Waals surface area contributed by atoms with Gasteiger partial charge < -0.3 is 19.4 Å². The fraction of sp³-hybridized carbons (Fsp3) is 0.348. The molecular weight excluding hydrogens is 539 g/mol. The van der Waals surface area contributed by atoms with Gasteiger partial charge in [0.25, 0.3) is 0 Å². The lowest BCUT2D eigenvalue weighted by Gasteiger charge is -2.14. The molecule has 3 aromatic rings. The third-order valence-corrected chi connectivity index (χ3v) is 6.42. The number of anilines is 1. The van der Waals surface area contributed by atoms with Gasteiger partial charge in [-0.25, -0.2) is 0 Å². The van der Waals surface area contributed by atoms with E-state index >= 15 is 0 Å². The Balaban J connectivity index is 1.59. The fourth-order valence-electron chi connectivity index (χ4n) is 3.11. The van der Waals surface area contributed by atoms with Crippen molar-refractivity contribution in [1.29, 1.82) is 0 Å². The molecule has 3 rings (SSSR count). The molecule has 2 aromatic carbocycles. The third kappa shape index (κ3) is 6.38. The summed E-state index contributed by atoms with van der Waals surface area (Å²) in [5.74, 6) is 2.72. The van der Waals surface area contributed by atoms with Gasteiger partial charge in [0.1, 0.15) is 18.1 Å². The number of amides is 1. The molecule has 0 aliphatic heterocycles. The topological polar surface area (TPSA) is 78.3 Å². The molecule has 0 aliphatic carbocycles. The van der Waals surface area contributed by atoms with E-state index in [1.165, 1.54) is 11.8 Å². The number of thioether (sulfide) groups is 1. The Morgan fingerprint density at radius 1 is 1.16 bits per heavy atom. The van der Waals surface area contributed by atoms with Gasteiger partial charge in [-0.1, -0.05) is 25.6 Å². The Hall–Kier alpha value is -2.27. The molecule has 0 unspecified atom stereocenters. The van der Waals surface area contributed by atoms with Crippen LogP contribution in [0.1, 0.15) is 38.1 Å². The van der Waals surface area contributed by atoms with Gasteiger partial charge >= 0.3 is 0 Å². The molecule has 7 nitrogen and oxygen atoms in total. The van der Waals surface area contributed by atoms with Gasteiger partial charge in [-0.3, -0.25) is 4.79 Å². The Morgan fingerprint density at radius 3 is 2.53 bits per heavy atom. The minimum Gasteiger partial charge on any atom is -0.497 e. The van der Waals surface area contributed by atoms with Crippen molar-refractivity contribution in [3.05, 3.63) is 57.4 Å². The first-order valence-electron chi connectivity index (χ1n) is 10.3. The van der Waals surface area contributed by atoms with Crippen molar-refractivity contribution in [3.8, 4) is 11.5 Å². The van der Waals surface area contributed by atoms with E-state index < -0.39 is 0 Å². The van der Waals surface area contributed by atoms with E-state index in [4.69, 9.17) is 9.47 Å². The van der Waals surface area contributed by atoms with E-state index in [9.17, 15) is 4.79 Å². The summed E-state index contributed by atoms with van der Waals surface area (Å²) in [4.78, 5) is 12.6. The lowest BCUT2D eigenvalue weighted by atomic mass is 10.0. The SMILES string of the molecule is CCn1c(COc2ccc(OC)cc2)nnc1SCC(=O)Nc1ccc(I)cc1C(C)C. The van der Waals surface area contributed by atoms with Crippen molar-refractivity contribution in [2.45, 2.75) is 45.0 Å². The summed E-state index contributed by atoms with van der Waals surface area (Å²) in [6.45, 7) is 7.24. The summed E-state index contributed by atoms with van der Waals surface area (Å²) in [6.07, 6.45) is 0. The zero-order chi connectivity index (χ0) is 23.1. The Labute approximate surface area is 206 Å². The molecule has 170 valence electrons. The van der Waals surface area contributed by atoms with Gasteiger partial charge in [0.15, 0.2) is 11.0 Å². The second-order valence-corrected chi connectivity index (χ2v) is 9.52. The van der Waals surface area contributed by atoms with Gasteiger partial charge in [0.2, 0.25) is 5.91 Å². The molecule has 1 N–H and O–H groups in total. The molecule has 0 fully saturated rings. The second-order valence-electron chi connectivity index (χ2n) is 7.33. The average Bonchev–Trinajstić information content (AvgIpc) is 3.19. The molecule has 1 amide bonds. The molecule has 32 heavy (non-hydrogen) atoms. The number of benzene rings is 2. The molecule has 0 spiro atoms. The molecule has 1 heterocycles. The van der Waals surface area contributed by atoms with Gasteiger partial charge in [0, 0.05) is 15.8 Å². The highest BCUT2D eigenvalue weighted by Crippen LogP contribution is 2.27. The van der Waals surface area contributed by atoms with E-state index in [2.05, 4.69) is 58.0 Å². The van der Waals surface area contributed by atoms with Crippen LogP contribution < -0.4 is 14.8 Å². The van der Waals surface area contributed by atoms with Gasteiger partial charge in [-0.05, 0) is 83.5 Å². The maximum atomic E-state index is 12.6. The standard InChI is InChI=1S/C23H27IN4O3S/c1-5-28-21(13-31-18-9-7-17(30-4)8-10-18)26-27-23(28)32-14-22(29)25-20-11-6-16(24)12-19(20)15(2)3/h6-12,15H,5,13-14H2,1-4H3,(H,25,29). The number of hydrogen-bond donors (Lipinski definition) is 1. The molecule has 0 radical (unpaired) electrons. The maximum Gasteiger partial charge on any atom is 0.234 e. The number of hydrogen-bond acceptors (Lipinski definition) is 6. The summed E-state index contributed by atoms with van der Waals surface area (Å²) in [5.41, 5.74) is 1.99. The number of halogens is 1. The van der Waals surface area contributed by atoms with E-state index in [0.29, 0.717) is 30.1 Å². The summed E-state index contributed by atoms with van der Waals surface area (Å²) in [6, 6.07) is 13.5. The van der Waals surface area contributed by atoms with Gasteiger partial charge in [-0.2, -0.15) is 0 Å². The summed E-state index contributed by atoms with van der Waals surface area (Å²) in [5, 5.41) is 12.2. The molecule has 0 saturated carbocycles. The maximum absolute atomic E-state index is 12.6. The summed E-state index contributed by atoms with van der Waals surface area (Å²) >= 11 is 3.65. The van der Waals surface area contributed by atoms with Crippen LogP contribution in [0.4, 0.5) is 5.69 Å². The predicted molar refractivity (Wildman–Crippen MR) is 136 cm³/mol. The van der Waals surface area contributed by atoms with E-state index in [1.54, 1.807) is 7.11 Å². The smallest absolute Gasteiger partial charge is 0.234 e. The first-order valence-corrected chi connectivity index (χ1v) is 12.4. The first-order chi connectivity index (χ1) is 15.4. The van der Waals surface area contributed by atoms with Crippen LogP contribution in [0, 0.1) is 3.57 Å². The first kappa shape index (κ1) is 24.4. The van der Waals surface area contributed by atoms with Crippen LogP contribution in [0.15, 0.2) is 47.6 Å². The number of carbonyl (C=O) groups is 1.